The van der Waals surface area contributed by atoms with Crippen LogP contribution in [0.5, 0.6) is 0 Å². The molecule has 0 unspecified atom stereocenters. The zero-order valence-corrected chi connectivity index (χ0v) is 14.5. The van der Waals surface area contributed by atoms with Gasteiger partial charge < -0.3 is 9.84 Å². The largest absolute Gasteiger partial charge is 0.417 e. The molecule has 0 aliphatic rings. The van der Waals surface area contributed by atoms with Crippen LogP contribution >= 0.6 is 0 Å². The molecule has 0 fully saturated rings. The quantitative estimate of drug-likeness (QED) is 0.450. The molecule has 5 aromatic rings. The van der Waals surface area contributed by atoms with Crippen molar-refractivity contribution in [2.24, 2.45) is 0 Å². The lowest BCUT2D eigenvalue weighted by Gasteiger charge is -2.12. The Hall–Kier alpha value is -3.95. The Morgan fingerprint density at radius 1 is 0.931 bits per heavy atom. The van der Waals surface area contributed by atoms with Gasteiger partial charge in [-0.15, -0.1) is 0 Å². The number of fused-ring (bicyclic) bond motifs is 2. The molecule has 0 atom stereocenters. The molecule has 3 heterocycles. The van der Waals surface area contributed by atoms with Crippen LogP contribution in [0.4, 0.5) is 24.8 Å². The highest BCUT2D eigenvalue weighted by Crippen LogP contribution is 2.37. The highest BCUT2D eigenvalue weighted by molar-refractivity contribution is 5.94. The van der Waals surface area contributed by atoms with E-state index in [1.54, 1.807) is 0 Å². The van der Waals surface area contributed by atoms with Crippen molar-refractivity contribution in [3.63, 3.8) is 0 Å². The van der Waals surface area contributed by atoms with Gasteiger partial charge >= 0.3 is 6.18 Å². The van der Waals surface area contributed by atoms with Gasteiger partial charge in [0.1, 0.15) is 5.52 Å². The molecule has 0 aliphatic carbocycles. The molecule has 5 rings (SSSR count). The van der Waals surface area contributed by atoms with Gasteiger partial charge in [0.25, 0.3) is 0 Å². The summed E-state index contributed by atoms with van der Waals surface area (Å²) in [5, 5.41) is 14.6. The van der Waals surface area contributed by atoms with Crippen LogP contribution in [-0.2, 0) is 6.18 Å². The summed E-state index contributed by atoms with van der Waals surface area (Å²) in [6.07, 6.45) is -3.22. The third-order valence-electron chi connectivity index (χ3n) is 4.39. The molecular formula is C19H11F3N6O. The number of hydrogen-bond acceptors (Lipinski definition) is 6. The fourth-order valence-corrected chi connectivity index (χ4v) is 3.08. The van der Waals surface area contributed by atoms with Gasteiger partial charge in [-0.2, -0.15) is 18.3 Å². The number of rotatable bonds is 3. The van der Waals surface area contributed by atoms with Gasteiger partial charge in [-0.3, -0.25) is 5.10 Å². The lowest BCUT2D eigenvalue weighted by Crippen LogP contribution is -2.08. The Labute approximate surface area is 160 Å². The zero-order chi connectivity index (χ0) is 20.0. The number of hydrogen-bond donors (Lipinski definition) is 2. The molecule has 0 saturated carbocycles. The lowest BCUT2D eigenvalue weighted by atomic mass is 10.1. The highest BCUT2D eigenvalue weighted by atomic mass is 19.4. The van der Waals surface area contributed by atoms with Crippen LogP contribution in [0.15, 0.2) is 59.3 Å². The topological polar surface area (TPSA) is 92.5 Å². The van der Waals surface area contributed by atoms with E-state index in [-0.39, 0.29) is 28.3 Å². The Balaban J connectivity index is 1.67. The van der Waals surface area contributed by atoms with E-state index >= 15 is 0 Å². The van der Waals surface area contributed by atoms with E-state index in [2.05, 4.69) is 30.6 Å². The maximum absolute atomic E-state index is 13.5. The van der Waals surface area contributed by atoms with Crippen molar-refractivity contribution in [3.8, 4) is 11.4 Å². The number of anilines is 2. The summed E-state index contributed by atoms with van der Waals surface area (Å²) < 4.78 is 45.6. The number of nitrogens with one attached hydrogen (secondary N) is 2. The van der Waals surface area contributed by atoms with Gasteiger partial charge in [0.15, 0.2) is 17.5 Å². The number of alkyl halides is 3. The molecule has 0 radical (unpaired) electrons. The van der Waals surface area contributed by atoms with Crippen molar-refractivity contribution < 1.29 is 17.7 Å². The number of halogens is 3. The van der Waals surface area contributed by atoms with E-state index in [1.165, 1.54) is 24.4 Å². The standard InChI is InChI=1S/C19H11F3N6O/c20-19(21,22)12-7-3-1-5-10(12)16-24-14-9-23-29-15(14)18(25-16)26-17-11-6-2-4-8-13(11)27-28-17/h1-9H,(H2,24,25,26,27,28). The van der Waals surface area contributed by atoms with E-state index < -0.39 is 11.7 Å². The summed E-state index contributed by atoms with van der Waals surface area (Å²) in [5.41, 5.74) is 0.310. The summed E-state index contributed by atoms with van der Waals surface area (Å²) in [4.78, 5) is 8.49. The molecule has 3 aromatic heterocycles. The van der Waals surface area contributed by atoms with Crippen molar-refractivity contribution >= 4 is 33.6 Å². The van der Waals surface area contributed by atoms with Gasteiger partial charge in [0.05, 0.1) is 17.3 Å². The first-order valence-corrected chi connectivity index (χ1v) is 8.50. The first kappa shape index (κ1) is 17.2. The van der Waals surface area contributed by atoms with Gasteiger partial charge in [-0.25, -0.2) is 9.97 Å². The van der Waals surface area contributed by atoms with E-state index in [0.29, 0.717) is 5.82 Å². The van der Waals surface area contributed by atoms with Crippen molar-refractivity contribution in [2.75, 3.05) is 5.32 Å². The van der Waals surface area contributed by atoms with Crippen molar-refractivity contribution in [1.82, 2.24) is 25.3 Å². The minimum Gasteiger partial charge on any atom is -0.351 e. The second-order valence-electron chi connectivity index (χ2n) is 6.22. The van der Waals surface area contributed by atoms with Crippen LogP contribution in [0.2, 0.25) is 0 Å². The SMILES string of the molecule is FC(F)(F)c1ccccc1-c1nc(Nc2n[nH]c3ccccc23)c2oncc2n1. The van der Waals surface area contributed by atoms with Crippen LogP contribution in [0, 0.1) is 0 Å². The fourth-order valence-electron chi connectivity index (χ4n) is 3.08. The van der Waals surface area contributed by atoms with Crippen LogP contribution in [0.3, 0.4) is 0 Å². The van der Waals surface area contributed by atoms with E-state index in [4.69, 9.17) is 4.52 Å². The van der Waals surface area contributed by atoms with Crippen LogP contribution in [0.25, 0.3) is 33.4 Å². The highest BCUT2D eigenvalue weighted by Gasteiger charge is 2.34. The van der Waals surface area contributed by atoms with E-state index in [9.17, 15) is 13.2 Å². The number of para-hydroxylation sites is 1. The molecule has 0 aliphatic heterocycles. The number of H-pyrrole nitrogens is 1. The van der Waals surface area contributed by atoms with Gasteiger partial charge in [-0.05, 0) is 18.2 Å². The predicted molar refractivity (Wildman–Crippen MR) is 99.4 cm³/mol. The average molecular weight is 396 g/mol. The molecule has 0 spiro atoms. The summed E-state index contributed by atoms with van der Waals surface area (Å²) in [6.45, 7) is 0. The number of aromatic amines is 1. The first-order valence-electron chi connectivity index (χ1n) is 8.50. The normalized spacial score (nSPS) is 12.0. The molecule has 144 valence electrons. The summed E-state index contributed by atoms with van der Waals surface area (Å²) >= 11 is 0. The van der Waals surface area contributed by atoms with Gasteiger partial charge in [-0.1, -0.05) is 35.5 Å². The molecule has 0 amide bonds. The Morgan fingerprint density at radius 2 is 1.72 bits per heavy atom. The number of nitrogens with zero attached hydrogens (tertiary/aromatic N) is 4. The third kappa shape index (κ3) is 2.94. The molecular weight excluding hydrogens is 385 g/mol. The molecule has 10 heteroatoms. The van der Waals surface area contributed by atoms with Crippen molar-refractivity contribution in [3.05, 3.63) is 60.3 Å². The number of benzene rings is 2. The second kappa shape index (κ2) is 6.30. The van der Waals surface area contributed by atoms with Crippen molar-refractivity contribution in [1.29, 1.82) is 0 Å². The summed E-state index contributed by atoms with van der Waals surface area (Å²) in [6, 6.07) is 12.5. The van der Waals surface area contributed by atoms with Crippen LogP contribution < -0.4 is 5.32 Å². The van der Waals surface area contributed by atoms with Crippen LogP contribution in [0.1, 0.15) is 5.56 Å². The maximum Gasteiger partial charge on any atom is 0.417 e. The molecule has 2 aromatic carbocycles. The van der Waals surface area contributed by atoms with E-state index in [1.807, 2.05) is 24.3 Å². The molecule has 0 bridgehead atoms. The van der Waals surface area contributed by atoms with Crippen LogP contribution in [-0.4, -0.2) is 25.3 Å². The van der Waals surface area contributed by atoms with Gasteiger partial charge in [0.2, 0.25) is 5.58 Å². The Morgan fingerprint density at radius 3 is 2.59 bits per heavy atom. The summed E-state index contributed by atoms with van der Waals surface area (Å²) in [5.74, 6) is 0.514. The predicted octanol–water partition coefficient (Wildman–Crippen LogP) is 4.92. The monoisotopic (exact) mass is 396 g/mol. The summed E-state index contributed by atoms with van der Waals surface area (Å²) in [7, 11) is 0. The molecule has 29 heavy (non-hydrogen) atoms. The molecule has 0 saturated heterocycles. The molecule has 2 N–H and O–H groups in total. The van der Waals surface area contributed by atoms with Gasteiger partial charge in [0, 0.05) is 10.9 Å². The zero-order valence-electron chi connectivity index (χ0n) is 14.5. The smallest absolute Gasteiger partial charge is 0.351 e. The third-order valence-corrected chi connectivity index (χ3v) is 4.39. The first-order chi connectivity index (χ1) is 14.0. The Kier molecular flexibility index (Phi) is 3.73. The van der Waals surface area contributed by atoms with Crippen molar-refractivity contribution in [2.45, 2.75) is 6.18 Å². The fraction of sp³-hybridized carbons (Fsp3) is 0.0526. The lowest BCUT2D eigenvalue weighted by molar-refractivity contribution is -0.137. The molecule has 7 nitrogen and oxygen atoms in total. The minimum atomic E-state index is -4.55. The second-order valence-corrected chi connectivity index (χ2v) is 6.22. The maximum atomic E-state index is 13.5. The Bertz CT molecular complexity index is 1340. The minimum absolute atomic E-state index is 0.101. The average Bonchev–Trinajstić information content (AvgIpc) is 3.35. The van der Waals surface area contributed by atoms with E-state index in [0.717, 1.165) is 17.0 Å². The number of aromatic nitrogens is 5.